The standard InChI is InChI=1S/C18H27N3O5/c1-4-8-15(21-18(24)26-13(3)17(23)25-5-2)16(22)20-12-10-14-9-6-7-11-19-14/h6-7,9,11,13,15H,4-5,8,10,12H2,1-3H3,(H,20,22)(H,21,24)/t13?,15-/m0/s1. The van der Waals surface area contributed by atoms with E-state index in [1.54, 1.807) is 13.1 Å². The number of carbonyl (C=O) groups is 3. The number of amides is 2. The Hall–Kier alpha value is -2.64. The summed E-state index contributed by atoms with van der Waals surface area (Å²) in [5.74, 6) is -0.932. The van der Waals surface area contributed by atoms with Crippen molar-refractivity contribution < 1.29 is 23.9 Å². The Bertz CT molecular complexity index is 579. The fourth-order valence-corrected chi connectivity index (χ4v) is 2.19. The van der Waals surface area contributed by atoms with E-state index in [-0.39, 0.29) is 12.5 Å². The summed E-state index contributed by atoms with van der Waals surface area (Å²) in [4.78, 5) is 39.9. The van der Waals surface area contributed by atoms with Gasteiger partial charge in [-0.15, -0.1) is 0 Å². The van der Waals surface area contributed by atoms with Crippen LogP contribution in [0.25, 0.3) is 0 Å². The first kappa shape index (κ1) is 21.4. The van der Waals surface area contributed by atoms with Crippen LogP contribution in [0.15, 0.2) is 24.4 Å². The molecule has 2 amide bonds. The maximum atomic E-state index is 12.3. The van der Waals surface area contributed by atoms with Gasteiger partial charge in [-0.1, -0.05) is 19.4 Å². The van der Waals surface area contributed by atoms with Gasteiger partial charge in [0.1, 0.15) is 6.04 Å². The molecule has 0 fully saturated rings. The first-order valence-electron chi connectivity index (χ1n) is 8.79. The number of ether oxygens (including phenoxy) is 2. The predicted octanol–water partition coefficient (Wildman–Crippen LogP) is 1.59. The van der Waals surface area contributed by atoms with Crippen LogP contribution < -0.4 is 10.6 Å². The molecule has 2 atom stereocenters. The SMILES string of the molecule is CCC[C@H](NC(=O)OC(C)C(=O)OCC)C(=O)NCCc1ccccn1. The van der Waals surface area contributed by atoms with Crippen LogP contribution in [-0.2, 0) is 25.5 Å². The zero-order valence-electron chi connectivity index (χ0n) is 15.5. The lowest BCUT2D eigenvalue weighted by atomic mass is 10.1. The van der Waals surface area contributed by atoms with Crippen molar-refractivity contribution in [3.63, 3.8) is 0 Å². The fraction of sp³-hybridized carbons (Fsp3) is 0.556. The minimum atomic E-state index is -1.04. The topological polar surface area (TPSA) is 107 Å². The number of hydrogen-bond acceptors (Lipinski definition) is 6. The number of nitrogens with one attached hydrogen (secondary N) is 2. The van der Waals surface area contributed by atoms with Gasteiger partial charge in [-0.25, -0.2) is 9.59 Å². The third kappa shape index (κ3) is 7.96. The summed E-state index contributed by atoms with van der Waals surface area (Å²) in [5.41, 5.74) is 0.871. The molecule has 0 aliphatic heterocycles. The van der Waals surface area contributed by atoms with Crippen LogP contribution in [0.1, 0.15) is 39.3 Å². The predicted molar refractivity (Wildman–Crippen MR) is 95.4 cm³/mol. The maximum absolute atomic E-state index is 12.3. The van der Waals surface area contributed by atoms with Crippen molar-refractivity contribution in [2.45, 2.75) is 52.2 Å². The number of rotatable bonds is 10. The van der Waals surface area contributed by atoms with E-state index in [9.17, 15) is 14.4 Å². The van der Waals surface area contributed by atoms with Crippen molar-refractivity contribution in [2.75, 3.05) is 13.2 Å². The van der Waals surface area contributed by atoms with Crippen molar-refractivity contribution in [1.82, 2.24) is 15.6 Å². The molecule has 0 bridgehead atoms. The highest BCUT2D eigenvalue weighted by Gasteiger charge is 2.24. The largest absolute Gasteiger partial charge is 0.463 e. The van der Waals surface area contributed by atoms with Gasteiger partial charge in [0.15, 0.2) is 6.10 Å². The normalized spacial score (nSPS) is 12.6. The molecule has 0 aliphatic rings. The quantitative estimate of drug-likeness (QED) is 0.610. The smallest absolute Gasteiger partial charge is 0.408 e. The van der Waals surface area contributed by atoms with E-state index in [2.05, 4.69) is 15.6 Å². The van der Waals surface area contributed by atoms with Crippen LogP contribution in [0.5, 0.6) is 0 Å². The molecular formula is C18H27N3O5. The van der Waals surface area contributed by atoms with Crippen molar-refractivity contribution in [2.24, 2.45) is 0 Å². The number of carbonyl (C=O) groups excluding carboxylic acids is 3. The molecule has 0 aromatic carbocycles. The number of aromatic nitrogens is 1. The Morgan fingerprint density at radius 1 is 1.23 bits per heavy atom. The van der Waals surface area contributed by atoms with Crippen molar-refractivity contribution in [3.8, 4) is 0 Å². The summed E-state index contributed by atoms with van der Waals surface area (Å²) >= 11 is 0. The monoisotopic (exact) mass is 365 g/mol. The third-order valence-corrected chi connectivity index (χ3v) is 3.49. The van der Waals surface area contributed by atoms with E-state index < -0.39 is 24.2 Å². The van der Waals surface area contributed by atoms with E-state index in [4.69, 9.17) is 9.47 Å². The molecule has 0 radical (unpaired) electrons. The van der Waals surface area contributed by atoms with Crippen LogP contribution >= 0.6 is 0 Å². The highest BCUT2D eigenvalue weighted by molar-refractivity contribution is 5.86. The van der Waals surface area contributed by atoms with Crippen molar-refractivity contribution >= 4 is 18.0 Å². The number of hydrogen-bond donors (Lipinski definition) is 2. The van der Waals surface area contributed by atoms with Gasteiger partial charge in [0, 0.05) is 24.9 Å². The Morgan fingerprint density at radius 3 is 2.62 bits per heavy atom. The number of esters is 1. The Balaban J connectivity index is 2.46. The number of alkyl carbamates (subject to hydrolysis) is 1. The summed E-state index contributed by atoms with van der Waals surface area (Å²) in [6.07, 6.45) is 1.58. The van der Waals surface area contributed by atoms with Gasteiger partial charge >= 0.3 is 12.1 Å². The molecule has 0 aliphatic carbocycles. The minimum absolute atomic E-state index is 0.200. The first-order valence-corrected chi connectivity index (χ1v) is 8.79. The van der Waals surface area contributed by atoms with Gasteiger partial charge in [-0.2, -0.15) is 0 Å². The Kier molecular flexibility index (Phi) is 9.74. The maximum Gasteiger partial charge on any atom is 0.408 e. The molecule has 0 saturated heterocycles. The van der Waals surface area contributed by atoms with Crippen LogP contribution in [0.4, 0.5) is 4.79 Å². The van der Waals surface area contributed by atoms with E-state index in [0.717, 1.165) is 5.69 Å². The number of nitrogens with zero attached hydrogens (tertiary/aromatic N) is 1. The summed E-state index contributed by atoms with van der Waals surface area (Å²) in [6, 6.07) is 4.85. The molecular weight excluding hydrogens is 338 g/mol. The summed E-state index contributed by atoms with van der Waals surface area (Å²) in [6.45, 7) is 5.59. The van der Waals surface area contributed by atoms with Crippen LogP contribution in [0.2, 0.25) is 0 Å². The fourth-order valence-electron chi connectivity index (χ4n) is 2.19. The average molecular weight is 365 g/mol. The molecule has 1 rings (SSSR count). The summed E-state index contributed by atoms with van der Waals surface area (Å²) in [5, 5.41) is 5.27. The molecule has 1 aromatic rings. The van der Waals surface area contributed by atoms with Crippen molar-refractivity contribution in [1.29, 1.82) is 0 Å². The molecule has 1 unspecified atom stereocenters. The second kappa shape index (κ2) is 11.8. The van der Waals surface area contributed by atoms with Crippen LogP contribution in [-0.4, -0.2) is 48.3 Å². The Morgan fingerprint density at radius 2 is 2.00 bits per heavy atom. The summed E-state index contributed by atoms with van der Waals surface area (Å²) in [7, 11) is 0. The second-order valence-corrected chi connectivity index (χ2v) is 5.65. The molecule has 0 spiro atoms. The molecule has 2 N–H and O–H groups in total. The lowest BCUT2D eigenvalue weighted by molar-refractivity contribution is -0.152. The molecule has 1 aromatic heterocycles. The highest BCUT2D eigenvalue weighted by Crippen LogP contribution is 2.01. The molecule has 1 heterocycles. The molecule has 0 saturated carbocycles. The van der Waals surface area contributed by atoms with Crippen LogP contribution in [0.3, 0.4) is 0 Å². The zero-order valence-corrected chi connectivity index (χ0v) is 15.5. The minimum Gasteiger partial charge on any atom is -0.463 e. The first-order chi connectivity index (χ1) is 12.5. The molecule has 8 nitrogen and oxygen atoms in total. The second-order valence-electron chi connectivity index (χ2n) is 5.65. The molecule has 8 heteroatoms. The molecule has 26 heavy (non-hydrogen) atoms. The summed E-state index contributed by atoms with van der Waals surface area (Å²) < 4.78 is 9.72. The van der Waals surface area contributed by atoms with E-state index in [1.807, 2.05) is 25.1 Å². The van der Waals surface area contributed by atoms with E-state index >= 15 is 0 Å². The van der Waals surface area contributed by atoms with E-state index in [1.165, 1.54) is 6.92 Å². The number of pyridine rings is 1. The lowest BCUT2D eigenvalue weighted by Gasteiger charge is -2.19. The Labute approximate surface area is 153 Å². The average Bonchev–Trinajstić information content (AvgIpc) is 2.62. The third-order valence-electron chi connectivity index (χ3n) is 3.49. The van der Waals surface area contributed by atoms with Gasteiger partial charge in [-0.3, -0.25) is 9.78 Å². The van der Waals surface area contributed by atoms with Crippen molar-refractivity contribution in [3.05, 3.63) is 30.1 Å². The van der Waals surface area contributed by atoms with Crippen LogP contribution in [0, 0.1) is 0 Å². The molecule has 144 valence electrons. The van der Waals surface area contributed by atoms with Gasteiger partial charge in [-0.05, 0) is 32.4 Å². The van der Waals surface area contributed by atoms with Gasteiger partial charge in [0.25, 0.3) is 0 Å². The van der Waals surface area contributed by atoms with Gasteiger partial charge in [0.05, 0.1) is 6.61 Å². The zero-order chi connectivity index (χ0) is 19.4. The van der Waals surface area contributed by atoms with Gasteiger partial charge in [0.2, 0.25) is 5.91 Å². The van der Waals surface area contributed by atoms with E-state index in [0.29, 0.717) is 25.8 Å². The lowest BCUT2D eigenvalue weighted by Crippen LogP contribution is -2.48. The van der Waals surface area contributed by atoms with Gasteiger partial charge < -0.3 is 20.1 Å². The highest BCUT2D eigenvalue weighted by atomic mass is 16.6.